The standard InChI is InChI=1S/C30H36N2O/c33-30(32-22-20-28(21-23-32)31-24-25-12-4-1-5-13-25)19-11-10-18-29(26-14-6-2-7-15-26)27-16-8-3-9-17-27/h1-9,12-17,28-29,31H,10-11,18-24H2. The van der Waals surface area contributed by atoms with Crippen molar-refractivity contribution in [2.24, 2.45) is 0 Å². The van der Waals surface area contributed by atoms with E-state index >= 15 is 0 Å². The van der Waals surface area contributed by atoms with Crippen LogP contribution in [-0.2, 0) is 11.3 Å². The Balaban J connectivity index is 1.18. The van der Waals surface area contributed by atoms with Gasteiger partial charge in [0.05, 0.1) is 0 Å². The van der Waals surface area contributed by atoms with E-state index in [0.717, 1.165) is 51.7 Å². The number of carbonyl (C=O) groups is 1. The molecule has 0 spiro atoms. The average Bonchev–Trinajstić information content (AvgIpc) is 2.89. The number of piperidine rings is 1. The molecule has 172 valence electrons. The topological polar surface area (TPSA) is 32.3 Å². The Labute approximate surface area is 198 Å². The highest BCUT2D eigenvalue weighted by molar-refractivity contribution is 5.76. The molecule has 4 rings (SSSR count). The fourth-order valence-electron chi connectivity index (χ4n) is 4.87. The maximum Gasteiger partial charge on any atom is 0.222 e. The summed E-state index contributed by atoms with van der Waals surface area (Å²) in [6.45, 7) is 2.66. The number of unbranched alkanes of at least 4 members (excludes halogenated alkanes) is 1. The minimum atomic E-state index is 0.326. The Morgan fingerprint density at radius 3 is 1.91 bits per heavy atom. The quantitative estimate of drug-likeness (QED) is 0.383. The Morgan fingerprint density at radius 2 is 1.33 bits per heavy atom. The van der Waals surface area contributed by atoms with Crippen LogP contribution < -0.4 is 5.32 Å². The van der Waals surface area contributed by atoms with Crippen molar-refractivity contribution in [2.45, 2.75) is 57.0 Å². The molecule has 0 aromatic heterocycles. The maximum absolute atomic E-state index is 12.8. The summed E-state index contributed by atoms with van der Waals surface area (Å²) in [4.78, 5) is 14.9. The number of nitrogens with zero attached hydrogens (tertiary/aromatic N) is 1. The van der Waals surface area contributed by atoms with Crippen molar-refractivity contribution >= 4 is 5.91 Å². The molecule has 1 aliphatic heterocycles. The zero-order valence-electron chi connectivity index (χ0n) is 19.5. The highest BCUT2D eigenvalue weighted by Gasteiger charge is 2.22. The third-order valence-corrected chi connectivity index (χ3v) is 6.82. The summed E-state index contributed by atoms with van der Waals surface area (Å²) >= 11 is 0. The van der Waals surface area contributed by atoms with E-state index in [1.165, 1.54) is 16.7 Å². The van der Waals surface area contributed by atoms with E-state index in [-0.39, 0.29) is 0 Å². The van der Waals surface area contributed by atoms with Crippen LogP contribution in [0.5, 0.6) is 0 Å². The van der Waals surface area contributed by atoms with E-state index < -0.39 is 0 Å². The van der Waals surface area contributed by atoms with Gasteiger partial charge in [-0.25, -0.2) is 0 Å². The molecule has 33 heavy (non-hydrogen) atoms. The van der Waals surface area contributed by atoms with Crippen LogP contribution in [0.15, 0.2) is 91.0 Å². The highest BCUT2D eigenvalue weighted by atomic mass is 16.2. The van der Waals surface area contributed by atoms with Gasteiger partial charge in [-0.05, 0) is 42.4 Å². The number of hydrogen-bond acceptors (Lipinski definition) is 2. The van der Waals surface area contributed by atoms with Crippen LogP contribution in [-0.4, -0.2) is 29.9 Å². The molecule has 1 aliphatic rings. The van der Waals surface area contributed by atoms with Crippen LogP contribution >= 0.6 is 0 Å². The second kappa shape index (κ2) is 12.4. The molecule has 3 nitrogen and oxygen atoms in total. The normalized spacial score (nSPS) is 14.5. The summed E-state index contributed by atoms with van der Waals surface area (Å²) in [6.07, 6.45) is 5.85. The summed E-state index contributed by atoms with van der Waals surface area (Å²) in [7, 11) is 0. The first-order valence-corrected chi connectivity index (χ1v) is 12.4. The lowest BCUT2D eigenvalue weighted by Gasteiger charge is -2.32. The first-order chi connectivity index (χ1) is 16.3. The molecular weight excluding hydrogens is 404 g/mol. The zero-order chi connectivity index (χ0) is 22.7. The molecule has 0 radical (unpaired) electrons. The van der Waals surface area contributed by atoms with E-state index in [4.69, 9.17) is 0 Å². The van der Waals surface area contributed by atoms with Crippen LogP contribution in [0.1, 0.15) is 61.1 Å². The fourth-order valence-corrected chi connectivity index (χ4v) is 4.87. The smallest absolute Gasteiger partial charge is 0.222 e. The number of hydrogen-bond donors (Lipinski definition) is 1. The Kier molecular flexibility index (Phi) is 8.71. The number of nitrogens with one attached hydrogen (secondary N) is 1. The highest BCUT2D eigenvalue weighted by Crippen LogP contribution is 2.30. The monoisotopic (exact) mass is 440 g/mol. The first kappa shape index (κ1) is 23.3. The predicted molar refractivity (Wildman–Crippen MR) is 136 cm³/mol. The Hall–Kier alpha value is -2.91. The van der Waals surface area contributed by atoms with Crippen LogP contribution in [0.4, 0.5) is 0 Å². The molecule has 0 unspecified atom stereocenters. The molecular formula is C30H36N2O. The molecule has 0 bridgehead atoms. The van der Waals surface area contributed by atoms with Crippen molar-refractivity contribution in [3.05, 3.63) is 108 Å². The summed E-state index contributed by atoms with van der Waals surface area (Å²) in [5.74, 6) is 0.724. The van der Waals surface area contributed by atoms with Gasteiger partial charge in [0.1, 0.15) is 0 Å². The number of likely N-dealkylation sites (tertiary alicyclic amines) is 1. The molecule has 1 N–H and O–H groups in total. The van der Waals surface area contributed by atoms with Crippen LogP contribution in [0, 0.1) is 0 Å². The summed E-state index contributed by atoms with van der Waals surface area (Å²) in [5.41, 5.74) is 4.04. The molecule has 0 aliphatic carbocycles. The van der Waals surface area contributed by atoms with E-state index in [1.807, 2.05) is 0 Å². The molecule has 3 aromatic carbocycles. The van der Waals surface area contributed by atoms with Crippen LogP contribution in [0.3, 0.4) is 0 Å². The first-order valence-electron chi connectivity index (χ1n) is 12.4. The van der Waals surface area contributed by atoms with Gasteiger partial charge in [-0.2, -0.15) is 0 Å². The molecule has 3 aromatic rings. The number of amides is 1. The number of benzene rings is 3. The molecule has 0 saturated carbocycles. The van der Waals surface area contributed by atoms with Crippen molar-refractivity contribution in [3.63, 3.8) is 0 Å². The molecule has 3 heteroatoms. The van der Waals surface area contributed by atoms with Crippen molar-refractivity contribution in [2.75, 3.05) is 13.1 Å². The minimum Gasteiger partial charge on any atom is -0.343 e. The fraction of sp³-hybridized carbons (Fsp3) is 0.367. The molecule has 1 saturated heterocycles. The lowest BCUT2D eigenvalue weighted by Crippen LogP contribution is -2.44. The van der Waals surface area contributed by atoms with Gasteiger partial charge < -0.3 is 10.2 Å². The minimum absolute atomic E-state index is 0.326. The molecule has 1 fully saturated rings. The SMILES string of the molecule is O=C(CCCCC(c1ccccc1)c1ccccc1)N1CCC(NCc2ccccc2)CC1. The largest absolute Gasteiger partial charge is 0.343 e. The van der Waals surface area contributed by atoms with Gasteiger partial charge in [0, 0.05) is 38.0 Å². The van der Waals surface area contributed by atoms with Crippen molar-refractivity contribution in [3.8, 4) is 0 Å². The van der Waals surface area contributed by atoms with Crippen molar-refractivity contribution in [1.82, 2.24) is 10.2 Å². The van der Waals surface area contributed by atoms with Gasteiger partial charge in [-0.3, -0.25) is 4.79 Å². The zero-order valence-corrected chi connectivity index (χ0v) is 19.5. The predicted octanol–water partition coefficient (Wildman–Crippen LogP) is 6.16. The van der Waals surface area contributed by atoms with Gasteiger partial charge in [0.15, 0.2) is 0 Å². The van der Waals surface area contributed by atoms with Gasteiger partial charge in [0.25, 0.3) is 0 Å². The Morgan fingerprint density at radius 1 is 0.788 bits per heavy atom. The lowest BCUT2D eigenvalue weighted by molar-refractivity contribution is -0.132. The van der Waals surface area contributed by atoms with E-state index in [1.54, 1.807) is 0 Å². The Bertz CT molecular complexity index is 911. The second-order valence-corrected chi connectivity index (χ2v) is 9.14. The maximum atomic E-state index is 12.8. The third-order valence-electron chi connectivity index (χ3n) is 6.82. The van der Waals surface area contributed by atoms with Gasteiger partial charge >= 0.3 is 0 Å². The summed E-state index contributed by atoms with van der Waals surface area (Å²) < 4.78 is 0. The lowest BCUT2D eigenvalue weighted by atomic mass is 9.87. The van der Waals surface area contributed by atoms with E-state index in [0.29, 0.717) is 24.3 Å². The van der Waals surface area contributed by atoms with Crippen LogP contribution in [0.25, 0.3) is 0 Å². The second-order valence-electron chi connectivity index (χ2n) is 9.14. The molecule has 1 amide bonds. The third kappa shape index (κ3) is 7.03. The van der Waals surface area contributed by atoms with Gasteiger partial charge in [0.2, 0.25) is 5.91 Å². The molecule has 0 atom stereocenters. The van der Waals surface area contributed by atoms with Gasteiger partial charge in [-0.1, -0.05) is 97.4 Å². The van der Waals surface area contributed by atoms with Crippen LogP contribution in [0.2, 0.25) is 0 Å². The number of rotatable bonds is 10. The molecule has 1 heterocycles. The summed E-state index contributed by atoms with van der Waals surface area (Å²) in [5, 5.41) is 3.66. The number of carbonyl (C=O) groups excluding carboxylic acids is 1. The van der Waals surface area contributed by atoms with Crippen molar-refractivity contribution in [1.29, 1.82) is 0 Å². The van der Waals surface area contributed by atoms with Gasteiger partial charge in [-0.15, -0.1) is 0 Å². The average molecular weight is 441 g/mol. The van der Waals surface area contributed by atoms with E-state index in [2.05, 4.69) is 101 Å². The van der Waals surface area contributed by atoms with E-state index in [9.17, 15) is 4.79 Å². The van der Waals surface area contributed by atoms with Crippen molar-refractivity contribution < 1.29 is 4.79 Å². The summed E-state index contributed by atoms with van der Waals surface area (Å²) in [6, 6.07) is 32.5.